The molecule has 2 aromatic carbocycles. The van der Waals surface area contributed by atoms with Gasteiger partial charge in [0.25, 0.3) is 0 Å². The van der Waals surface area contributed by atoms with Crippen LogP contribution in [0.25, 0.3) is 0 Å². The van der Waals surface area contributed by atoms with Crippen LogP contribution in [0.5, 0.6) is 0 Å². The van der Waals surface area contributed by atoms with E-state index in [1.54, 1.807) is 0 Å². The fourth-order valence-corrected chi connectivity index (χ4v) is 4.19. The predicted octanol–water partition coefficient (Wildman–Crippen LogP) is 2.46. The van der Waals surface area contributed by atoms with Crippen LogP contribution in [-0.2, 0) is 10.0 Å². The van der Waals surface area contributed by atoms with Gasteiger partial charge in [0, 0.05) is 38.4 Å². The molecule has 1 fully saturated rings. The van der Waals surface area contributed by atoms with Gasteiger partial charge in [-0.3, -0.25) is 4.90 Å². The molecule has 1 aliphatic rings. The molecule has 2 aromatic rings. The summed E-state index contributed by atoms with van der Waals surface area (Å²) in [5.74, 6) is -2.24. The molecule has 0 amide bonds. The lowest BCUT2D eigenvalue weighted by Gasteiger charge is -2.36. The minimum Gasteiger partial charge on any atom is -0.369 e. The summed E-state index contributed by atoms with van der Waals surface area (Å²) in [6.45, 7) is 4.74. The van der Waals surface area contributed by atoms with Gasteiger partial charge in [0.1, 0.15) is 0 Å². The smallest absolute Gasteiger partial charge is 0.240 e. The fraction of sp³-hybridized carbons (Fsp3) is 0.368. The van der Waals surface area contributed by atoms with Crippen LogP contribution in [0.1, 0.15) is 6.42 Å². The van der Waals surface area contributed by atoms with Crippen molar-refractivity contribution in [1.29, 1.82) is 0 Å². The van der Waals surface area contributed by atoms with Crippen LogP contribution in [-0.4, -0.2) is 52.6 Å². The lowest BCUT2D eigenvalue weighted by atomic mass is 10.2. The maximum absolute atomic E-state index is 13.2. The van der Waals surface area contributed by atoms with Crippen molar-refractivity contribution in [2.75, 3.05) is 44.2 Å². The number of halogens is 2. The van der Waals surface area contributed by atoms with E-state index in [9.17, 15) is 17.2 Å². The van der Waals surface area contributed by atoms with Crippen LogP contribution in [0.3, 0.4) is 0 Å². The Hall–Kier alpha value is -2.03. The monoisotopic (exact) mass is 395 g/mol. The van der Waals surface area contributed by atoms with Gasteiger partial charge in [-0.15, -0.1) is 0 Å². The van der Waals surface area contributed by atoms with Gasteiger partial charge in [0.05, 0.1) is 4.90 Å². The van der Waals surface area contributed by atoms with E-state index in [1.165, 1.54) is 5.69 Å². The van der Waals surface area contributed by atoms with E-state index in [4.69, 9.17) is 0 Å². The molecule has 0 bridgehead atoms. The van der Waals surface area contributed by atoms with E-state index in [2.05, 4.69) is 26.7 Å². The van der Waals surface area contributed by atoms with Gasteiger partial charge in [0.2, 0.25) is 10.0 Å². The molecule has 1 N–H and O–H groups in total. The highest BCUT2D eigenvalue weighted by Crippen LogP contribution is 2.16. The first kappa shape index (κ1) is 19.7. The molecule has 0 aliphatic carbocycles. The van der Waals surface area contributed by atoms with Crippen molar-refractivity contribution in [3.05, 3.63) is 60.2 Å². The van der Waals surface area contributed by atoms with Crippen molar-refractivity contribution in [3.8, 4) is 0 Å². The molecule has 8 heteroatoms. The van der Waals surface area contributed by atoms with E-state index in [-0.39, 0.29) is 11.4 Å². The fourth-order valence-electron chi connectivity index (χ4n) is 3.11. The normalized spacial score (nSPS) is 15.9. The minimum absolute atomic E-state index is 0.250. The third kappa shape index (κ3) is 5.24. The second-order valence-electron chi connectivity index (χ2n) is 6.49. The van der Waals surface area contributed by atoms with Gasteiger partial charge in [-0.05, 0) is 43.3 Å². The van der Waals surface area contributed by atoms with Crippen molar-refractivity contribution in [3.63, 3.8) is 0 Å². The van der Waals surface area contributed by atoms with Crippen molar-refractivity contribution in [2.24, 2.45) is 0 Å². The van der Waals surface area contributed by atoms with Crippen LogP contribution in [0.2, 0.25) is 0 Å². The molecule has 1 aliphatic heterocycles. The number of piperazine rings is 1. The zero-order valence-corrected chi connectivity index (χ0v) is 15.8. The summed E-state index contributed by atoms with van der Waals surface area (Å²) in [6.07, 6.45) is 0.647. The number of hydrogen-bond donors (Lipinski definition) is 1. The molecular formula is C19H23F2N3O2S. The Morgan fingerprint density at radius 1 is 0.926 bits per heavy atom. The van der Waals surface area contributed by atoms with Gasteiger partial charge in [-0.2, -0.15) is 0 Å². The molecule has 146 valence electrons. The number of hydrogen-bond acceptors (Lipinski definition) is 4. The third-order valence-corrected chi connectivity index (χ3v) is 6.10. The standard InChI is InChI=1S/C19H23F2N3O2S/c20-18-8-7-17(15-19(18)21)27(25,26)22-9-4-10-23-11-13-24(14-12-23)16-5-2-1-3-6-16/h1-3,5-8,15,22H,4,9-14H2. The van der Waals surface area contributed by atoms with E-state index < -0.39 is 21.7 Å². The summed E-state index contributed by atoms with van der Waals surface area (Å²) in [6, 6.07) is 12.8. The Morgan fingerprint density at radius 3 is 2.30 bits per heavy atom. The highest BCUT2D eigenvalue weighted by atomic mass is 32.2. The second kappa shape index (κ2) is 8.77. The Balaban J connectivity index is 1.41. The Morgan fingerprint density at radius 2 is 1.63 bits per heavy atom. The van der Waals surface area contributed by atoms with Crippen LogP contribution < -0.4 is 9.62 Å². The summed E-state index contributed by atoms with van der Waals surface area (Å²) in [4.78, 5) is 4.37. The third-order valence-electron chi connectivity index (χ3n) is 4.64. The van der Waals surface area contributed by atoms with Gasteiger partial charge in [-0.25, -0.2) is 21.9 Å². The van der Waals surface area contributed by atoms with Crippen molar-refractivity contribution in [2.45, 2.75) is 11.3 Å². The van der Waals surface area contributed by atoms with Gasteiger partial charge in [0.15, 0.2) is 11.6 Å². The number of nitrogens with one attached hydrogen (secondary N) is 1. The first-order valence-electron chi connectivity index (χ1n) is 8.93. The summed E-state index contributed by atoms with van der Waals surface area (Å²) >= 11 is 0. The van der Waals surface area contributed by atoms with Crippen LogP contribution >= 0.6 is 0 Å². The number of nitrogens with zero attached hydrogens (tertiary/aromatic N) is 2. The predicted molar refractivity (Wildman–Crippen MR) is 101 cm³/mol. The molecule has 0 spiro atoms. The Kier molecular flexibility index (Phi) is 6.41. The first-order valence-corrected chi connectivity index (χ1v) is 10.4. The summed E-state index contributed by atoms with van der Waals surface area (Å²) < 4.78 is 52.8. The zero-order chi connectivity index (χ0) is 19.3. The molecular weight excluding hydrogens is 372 g/mol. The van der Waals surface area contributed by atoms with Crippen molar-refractivity contribution in [1.82, 2.24) is 9.62 Å². The van der Waals surface area contributed by atoms with Gasteiger partial charge >= 0.3 is 0 Å². The molecule has 0 aromatic heterocycles. The molecule has 5 nitrogen and oxygen atoms in total. The Labute approximate surface area is 158 Å². The van der Waals surface area contributed by atoms with E-state index >= 15 is 0 Å². The molecule has 0 unspecified atom stereocenters. The molecule has 1 heterocycles. The maximum atomic E-state index is 13.2. The molecule has 0 saturated carbocycles. The lowest BCUT2D eigenvalue weighted by molar-refractivity contribution is 0.255. The van der Waals surface area contributed by atoms with Gasteiger partial charge < -0.3 is 4.90 Å². The number of benzene rings is 2. The quantitative estimate of drug-likeness (QED) is 0.732. The highest BCUT2D eigenvalue weighted by Gasteiger charge is 2.18. The van der Waals surface area contributed by atoms with Crippen molar-refractivity contribution < 1.29 is 17.2 Å². The number of anilines is 1. The van der Waals surface area contributed by atoms with Crippen LogP contribution in [0.4, 0.5) is 14.5 Å². The molecule has 0 radical (unpaired) electrons. The Bertz CT molecular complexity index is 855. The van der Waals surface area contributed by atoms with Crippen LogP contribution in [0, 0.1) is 11.6 Å². The molecule has 27 heavy (non-hydrogen) atoms. The minimum atomic E-state index is -3.83. The largest absolute Gasteiger partial charge is 0.369 e. The topological polar surface area (TPSA) is 52.7 Å². The van der Waals surface area contributed by atoms with E-state index in [0.29, 0.717) is 12.5 Å². The second-order valence-corrected chi connectivity index (χ2v) is 8.26. The highest BCUT2D eigenvalue weighted by molar-refractivity contribution is 7.89. The maximum Gasteiger partial charge on any atom is 0.240 e. The average molecular weight is 395 g/mol. The SMILES string of the molecule is O=S(=O)(NCCCN1CCN(c2ccccc2)CC1)c1ccc(F)c(F)c1. The van der Waals surface area contributed by atoms with Crippen LogP contribution in [0.15, 0.2) is 53.4 Å². The molecule has 0 atom stereocenters. The summed E-state index contributed by atoms with van der Waals surface area (Å²) in [7, 11) is -3.83. The zero-order valence-electron chi connectivity index (χ0n) is 14.9. The first-order chi connectivity index (χ1) is 13.0. The molecule has 1 saturated heterocycles. The summed E-state index contributed by atoms with van der Waals surface area (Å²) in [5.41, 5.74) is 1.22. The molecule has 3 rings (SSSR count). The number of sulfonamides is 1. The number of rotatable bonds is 7. The van der Waals surface area contributed by atoms with E-state index in [0.717, 1.165) is 44.9 Å². The van der Waals surface area contributed by atoms with Crippen molar-refractivity contribution >= 4 is 15.7 Å². The lowest BCUT2D eigenvalue weighted by Crippen LogP contribution is -2.47. The van der Waals surface area contributed by atoms with E-state index in [1.807, 2.05) is 18.2 Å². The summed E-state index contributed by atoms with van der Waals surface area (Å²) in [5, 5.41) is 0. The average Bonchev–Trinajstić information content (AvgIpc) is 2.68. The number of para-hydroxylation sites is 1. The van der Waals surface area contributed by atoms with Gasteiger partial charge in [-0.1, -0.05) is 18.2 Å².